The molecule has 3 atom stereocenters. The lowest BCUT2D eigenvalue weighted by molar-refractivity contribution is -0.147. The summed E-state index contributed by atoms with van der Waals surface area (Å²) in [6, 6.07) is 8.43. The number of nitrogens with zero attached hydrogens (tertiary/aromatic N) is 3. The molecule has 2 rings (SSSR count). The van der Waals surface area contributed by atoms with Crippen molar-refractivity contribution in [2.45, 2.75) is 30.0 Å². The van der Waals surface area contributed by atoms with Crippen LogP contribution >= 0.6 is 22.9 Å². The van der Waals surface area contributed by atoms with Gasteiger partial charge < -0.3 is 23.9 Å². The largest absolute Gasteiger partial charge is 0.468 e. The SMILES string of the molecule is C=Cc1sc(S(=O)N(CC=O)CC(C(=O)OC)N(C)Cc2ccc(C(=N)N(C)CC(OC)OCC)cc2)cc1/C=C\CCl. The lowest BCUT2D eigenvalue weighted by Crippen LogP contribution is -2.48. The Hall–Kier alpha value is -2.71. The lowest BCUT2D eigenvalue weighted by Gasteiger charge is -2.30. The smallest absolute Gasteiger partial charge is 0.324 e. The molecule has 0 radical (unpaired) electrons. The Balaban J connectivity index is 2.19. The first kappa shape index (κ1) is 36.5. The number of likely N-dealkylation sites (N-methyl/N-ethyl adjacent to an activating group) is 2. The van der Waals surface area contributed by atoms with Crippen LogP contribution in [0.3, 0.4) is 0 Å². The number of ether oxygens (including phenoxy) is 3. The maximum absolute atomic E-state index is 13.6. The molecule has 0 saturated heterocycles. The summed E-state index contributed by atoms with van der Waals surface area (Å²) >= 11 is 7.08. The predicted molar refractivity (Wildman–Crippen MR) is 174 cm³/mol. The summed E-state index contributed by atoms with van der Waals surface area (Å²) in [5, 5.41) is 8.55. The van der Waals surface area contributed by atoms with Crippen molar-refractivity contribution in [1.29, 1.82) is 5.41 Å². The van der Waals surface area contributed by atoms with Gasteiger partial charge in [-0.05, 0) is 31.2 Å². The van der Waals surface area contributed by atoms with Crippen LogP contribution < -0.4 is 0 Å². The predicted octanol–water partition coefficient (Wildman–Crippen LogP) is 4.11. The third kappa shape index (κ3) is 10.8. The fourth-order valence-corrected chi connectivity index (χ4v) is 6.81. The van der Waals surface area contributed by atoms with E-state index in [0.717, 1.165) is 16.0 Å². The van der Waals surface area contributed by atoms with Gasteiger partial charge in [-0.1, -0.05) is 49.1 Å². The molecule has 10 nitrogen and oxygen atoms in total. The van der Waals surface area contributed by atoms with E-state index >= 15 is 0 Å². The lowest BCUT2D eigenvalue weighted by atomic mass is 10.1. The van der Waals surface area contributed by atoms with Crippen molar-refractivity contribution in [3.8, 4) is 0 Å². The fraction of sp³-hybridized carbons (Fsp3) is 0.433. The van der Waals surface area contributed by atoms with Gasteiger partial charge in [0, 0.05) is 50.2 Å². The standard InChI is InChI=1S/C30H41ClN4O6S2/c1-7-26-24(10-9-15-31)18-28(42-26)43(38)35(16-17-36)20-25(30(37)40-6)33(3)19-22-11-13-23(14-12-22)29(32)34(4)21-27(39-5)41-8-2/h7,9-14,17-18,25,27,32H,1,8,15-16,19-21H2,2-6H3/b10-9-,32-29?. The van der Waals surface area contributed by atoms with Gasteiger partial charge in [-0.3, -0.25) is 15.1 Å². The molecular weight excluding hydrogens is 612 g/mol. The molecule has 43 heavy (non-hydrogen) atoms. The van der Waals surface area contributed by atoms with Crippen molar-refractivity contribution in [2.75, 3.05) is 60.4 Å². The molecule has 13 heteroatoms. The van der Waals surface area contributed by atoms with Crippen molar-refractivity contribution >= 4 is 64.2 Å². The second-order valence-electron chi connectivity index (χ2n) is 9.41. The van der Waals surface area contributed by atoms with Gasteiger partial charge >= 0.3 is 5.97 Å². The first-order valence-electron chi connectivity index (χ1n) is 13.5. The number of hydrogen-bond acceptors (Lipinski definition) is 9. The summed E-state index contributed by atoms with van der Waals surface area (Å²) in [5.41, 5.74) is 2.44. The molecule has 0 fully saturated rings. The van der Waals surface area contributed by atoms with Gasteiger partial charge in [0.2, 0.25) is 0 Å². The summed E-state index contributed by atoms with van der Waals surface area (Å²) in [7, 11) is 4.72. The number of thiophene rings is 1. The van der Waals surface area contributed by atoms with E-state index < -0.39 is 29.3 Å². The molecule has 0 aliphatic heterocycles. The molecule has 0 bridgehead atoms. The number of carbonyl (C=O) groups is 2. The van der Waals surface area contributed by atoms with Crippen LogP contribution in [0.2, 0.25) is 0 Å². The molecule has 2 aromatic rings. The second-order valence-corrected chi connectivity index (χ2v) is 12.5. The number of amidine groups is 1. The highest BCUT2D eigenvalue weighted by molar-refractivity contribution is 7.85. The quantitative estimate of drug-likeness (QED) is 0.0603. The molecule has 0 aliphatic carbocycles. The zero-order valence-electron chi connectivity index (χ0n) is 25.3. The Morgan fingerprint density at radius 3 is 2.47 bits per heavy atom. The van der Waals surface area contributed by atoms with Crippen molar-refractivity contribution < 1.29 is 28.0 Å². The number of rotatable bonds is 19. The molecule has 3 unspecified atom stereocenters. The number of allylic oxidation sites excluding steroid dienone is 1. The minimum Gasteiger partial charge on any atom is -0.468 e. The maximum Gasteiger partial charge on any atom is 0.324 e. The maximum atomic E-state index is 13.6. The molecule has 0 saturated carbocycles. The molecule has 1 N–H and O–H groups in total. The molecule has 0 aliphatic rings. The van der Waals surface area contributed by atoms with E-state index in [2.05, 4.69) is 6.58 Å². The third-order valence-electron chi connectivity index (χ3n) is 6.49. The number of esters is 1. The molecule has 1 aromatic carbocycles. The number of carbonyl (C=O) groups excluding carboxylic acids is 2. The summed E-state index contributed by atoms with van der Waals surface area (Å²) in [6.07, 6.45) is 5.51. The number of halogens is 1. The van der Waals surface area contributed by atoms with Crippen LogP contribution in [-0.4, -0.2) is 109 Å². The average molecular weight is 653 g/mol. The third-order valence-corrected chi connectivity index (χ3v) is 9.51. The fourth-order valence-electron chi connectivity index (χ4n) is 4.17. The summed E-state index contributed by atoms with van der Waals surface area (Å²) in [5.74, 6) is 0.137. The van der Waals surface area contributed by atoms with E-state index in [9.17, 15) is 13.8 Å². The van der Waals surface area contributed by atoms with Crippen LogP contribution in [0, 0.1) is 5.41 Å². The Labute approximate surface area is 265 Å². The molecular formula is C30H41ClN4O6S2. The van der Waals surface area contributed by atoms with Crippen molar-refractivity contribution in [2.24, 2.45) is 0 Å². The monoisotopic (exact) mass is 652 g/mol. The highest BCUT2D eigenvalue weighted by atomic mass is 35.5. The number of alkyl halides is 1. The summed E-state index contributed by atoms with van der Waals surface area (Å²) in [6.45, 7) is 6.85. The van der Waals surface area contributed by atoms with E-state index in [1.165, 1.54) is 22.8 Å². The zero-order valence-corrected chi connectivity index (χ0v) is 27.7. The van der Waals surface area contributed by atoms with Gasteiger partial charge in [-0.25, -0.2) is 8.51 Å². The number of benzene rings is 1. The molecule has 0 amide bonds. The van der Waals surface area contributed by atoms with E-state index in [1.807, 2.05) is 37.3 Å². The topological polar surface area (TPSA) is 112 Å². The minimum atomic E-state index is -1.71. The van der Waals surface area contributed by atoms with Gasteiger partial charge in [0.05, 0.1) is 20.2 Å². The highest BCUT2D eigenvalue weighted by Crippen LogP contribution is 2.29. The minimum absolute atomic E-state index is 0.00325. The van der Waals surface area contributed by atoms with Crippen molar-refractivity contribution in [3.05, 3.63) is 64.6 Å². The van der Waals surface area contributed by atoms with Crippen LogP contribution in [0.5, 0.6) is 0 Å². The molecule has 1 heterocycles. The molecule has 0 spiro atoms. The number of nitrogens with one attached hydrogen (secondary N) is 1. The van der Waals surface area contributed by atoms with E-state index in [-0.39, 0.29) is 13.1 Å². The normalized spacial score (nSPS) is 13.7. The van der Waals surface area contributed by atoms with Gasteiger partial charge in [-0.2, -0.15) is 0 Å². The van der Waals surface area contributed by atoms with Gasteiger partial charge in [0.1, 0.15) is 33.4 Å². The average Bonchev–Trinajstić information content (AvgIpc) is 3.44. The number of aldehydes is 1. The van der Waals surface area contributed by atoms with Crippen LogP contribution in [0.1, 0.15) is 28.5 Å². The van der Waals surface area contributed by atoms with Gasteiger partial charge in [-0.15, -0.1) is 22.9 Å². The summed E-state index contributed by atoms with van der Waals surface area (Å²) in [4.78, 5) is 28.8. The van der Waals surface area contributed by atoms with Crippen molar-refractivity contribution in [1.82, 2.24) is 14.1 Å². The van der Waals surface area contributed by atoms with Crippen molar-refractivity contribution in [3.63, 3.8) is 0 Å². The Kier molecular flexibility index (Phi) is 16.0. The Morgan fingerprint density at radius 2 is 1.91 bits per heavy atom. The van der Waals surface area contributed by atoms with Crippen LogP contribution in [-0.2, 0) is 41.3 Å². The Bertz CT molecular complexity index is 1270. The van der Waals surface area contributed by atoms with Gasteiger partial charge in [0.15, 0.2) is 6.29 Å². The molecule has 236 valence electrons. The highest BCUT2D eigenvalue weighted by Gasteiger charge is 2.30. The number of hydrogen-bond donors (Lipinski definition) is 1. The van der Waals surface area contributed by atoms with Gasteiger partial charge in [0.25, 0.3) is 0 Å². The van der Waals surface area contributed by atoms with E-state index in [0.29, 0.717) is 47.5 Å². The first-order chi connectivity index (χ1) is 20.6. The number of methoxy groups -OCH3 is 2. The van der Waals surface area contributed by atoms with Crippen LogP contribution in [0.4, 0.5) is 0 Å². The van der Waals surface area contributed by atoms with Crippen LogP contribution in [0.15, 0.2) is 47.2 Å². The van der Waals surface area contributed by atoms with E-state index in [1.54, 1.807) is 49.2 Å². The second kappa shape index (κ2) is 18.8. The Morgan fingerprint density at radius 1 is 1.21 bits per heavy atom. The molecule has 1 aromatic heterocycles. The zero-order chi connectivity index (χ0) is 31.9. The van der Waals surface area contributed by atoms with Crippen LogP contribution in [0.25, 0.3) is 12.2 Å². The first-order valence-corrected chi connectivity index (χ1v) is 16.0. The van der Waals surface area contributed by atoms with E-state index in [4.69, 9.17) is 31.2 Å². The summed E-state index contributed by atoms with van der Waals surface area (Å²) < 4.78 is 31.5.